The number of aliphatic hydroxyl groups is 4. The van der Waals surface area contributed by atoms with Gasteiger partial charge < -0.3 is 25.2 Å². The van der Waals surface area contributed by atoms with E-state index < -0.39 is 24.4 Å². The van der Waals surface area contributed by atoms with Gasteiger partial charge >= 0.3 is 0 Å². The Labute approximate surface area is 120 Å². The number of piperidine rings is 1. The van der Waals surface area contributed by atoms with Gasteiger partial charge in [-0.15, -0.1) is 0 Å². The molecular formula is C14H27NO5. The standard InChI is InChI=1S/C14H27NO5/c1-20-10-4-2-9(3-5-10)6-15-7-12(17)14(19)13(18)11(15)8-16/h9-14,16-19H,2-8H2,1H3/t9-,10+,11-,12+,13-,14-/m1/s1. The molecule has 6 heteroatoms. The smallest absolute Gasteiger partial charge is 0.109 e. The molecule has 4 atom stereocenters. The van der Waals surface area contributed by atoms with Crippen molar-refractivity contribution >= 4 is 0 Å². The van der Waals surface area contributed by atoms with Crippen LogP contribution in [0.25, 0.3) is 0 Å². The fourth-order valence-corrected chi connectivity index (χ4v) is 3.47. The summed E-state index contributed by atoms with van der Waals surface area (Å²) < 4.78 is 5.35. The predicted octanol–water partition coefficient (Wildman–Crippen LogP) is -1.05. The Morgan fingerprint density at radius 3 is 2.25 bits per heavy atom. The van der Waals surface area contributed by atoms with Crippen LogP contribution >= 0.6 is 0 Å². The summed E-state index contributed by atoms with van der Waals surface area (Å²) in [5.41, 5.74) is 0. The van der Waals surface area contributed by atoms with Crippen LogP contribution in [0.4, 0.5) is 0 Å². The summed E-state index contributed by atoms with van der Waals surface area (Å²) in [5.74, 6) is 0.491. The van der Waals surface area contributed by atoms with Crippen LogP contribution in [0.15, 0.2) is 0 Å². The topological polar surface area (TPSA) is 93.4 Å². The van der Waals surface area contributed by atoms with Crippen molar-refractivity contribution in [3.05, 3.63) is 0 Å². The van der Waals surface area contributed by atoms with Crippen LogP contribution in [0.1, 0.15) is 25.7 Å². The second kappa shape index (κ2) is 7.15. The Balaban J connectivity index is 1.90. The summed E-state index contributed by atoms with van der Waals surface area (Å²) >= 11 is 0. The molecule has 2 aliphatic rings. The minimum Gasteiger partial charge on any atom is -0.395 e. The minimum atomic E-state index is -1.17. The van der Waals surface area contributed by atoms with Crippen LogP contribution in [-0.2, 0) is 4.74 Å². The first kappa shape index (κ1) is 16.1. The molecular weight excluding hydrogens is 262 g/mol. The highest BCUT2D eigenvalue weighted by molar-refractivity contribution is 4.95. The van der Waals surface area contributed by atoms with Crippen molar-refractivity contribution in [2.45, 2.75) is 56.1 Å². The molecule has 1 saturated carbocycles. The fraction of sp³-hybridized carbons (Fsp3) is 1.00. The zero-order valence-corrected chi connectivity index (χ0v) is 12.1. The van der Waals surface area contributed by atoms with E-state index in [1.807, 2.05) is 4.90 Å². The maximum atomic E-state index is 9.96. The average Bonchev–Trinajstić information content (AvgIpc) is 2.46. The lowest BCUT2D eigenvalue weighted by Crippen LogP contribution is -2.63. The zero-order valence-electron chi connectivity index (χ0n) is 12.1. The number of rotatable bonds is 4. The predicted molar refractivity (Wildman–Crippen MR) is 73.2 cm³/mol. The lowest BCUT2D eigenvalue weighted by Gasteiger charge is -2.45. The molecule has 2 fully saturated rings. The van der Waals surface area contributed by atoms with Crippen molar-refractivity contribution in [2.75, 3.05) is 26.8 Å². The van der Waals surface area contributed by atoms with Gasteiger partial charge in [0.1, 0.15) is 12.2 Å². The molecule has 2 rings (SSSR count). The van der Waals surface area contributed by atoms with Crippen molar-refractivity contribution < 1.29 is 25.2 Å². The molecule has 118 valence electrons. The van der Waals surface area contributed by atoms with Gasteiger partial charge in [-0.3, -0.25) is 4.90 Å². The molecule has 0 aromatic rings. The zero-order chi connectivity index (χ0) is 14.7. The molecule has 0 amide bonds. The third kappa shape index (κ3) is 3.50. The molecule has 0 radical (unpaired) electrons. The Bertz CT molecular complexity index is 295. The normalized spacial score (nSPS) is 43.6. The van der Waals surface area contributed by atoms with Crippen LogP contribution in [-0.4, -0.2) is 82.6 Å². The second-order valence-corrected chi connectivity index (χ2v) is 6.13. The van der Waals surface area contributed by atoms with E-state index in [1.54, 1.807) is 7.11 Å². The number of aliphatic hydroxyl groups excluding tert-OH is 4. The largest absolute Gasteiger partial charge is 0.395 e. The van der Waals surface area contributed by atoms with Gasteiger partial charge in [0.15, 0.2) is 0 Å². The number of methoxy groups -OCH3 is 1. The van der Waals surface area contributed by atoms with Crippen molar-refractivity contribution in [1.29, 1.82) is 0 Å². The Kier molecular flexibility index (Phi) is 5.77. The van der Waals surface area contributed by atoms with Gasteiger partial charge in [-0.2, -0.15) is 0 Å². The van der Waals surface area contributed by atoms with Crippen molar-refractivity contribution in [1.82, 2.24) is 4.90 Å². The summed E-state index contributed by atoms with van der Waals surface area (Å²) in [6, 6.07) is -0.492. The third-order valence-electron chi connectivity index (χ3n) is 4.84. The number of hydrogen-bond acceptors (Lipinski definition) is 6. The van der Waals surface area contributed by atoms with Crippen LogP contribution in [0.5, 0.6) is 0 Å². The van der Waals surface area contributed by atoms with E-state index in [4.69, 9.17) is 4.74 Å². The molecule has 0 aromatic heterocycles. The van der Waals surface area contributed by atoms with Crippen LogP contribution in [0.3, 0.4) is 0 Å². The first-order valence-electron chi connectivity index (χ1n) is 7.48. The van der Waals surface area contributed by atoms with E-state index in [1.165, 1.54) is 0 Å². The lowest BCUT2D eigenvalue weighted by molar-refractivity contribution is -0.148. The van der Waals surface area contributed by atoms with Crippen molar-refractivity contribution in [3.63, 3.8) is 0 Å². The molecule has 0 aromatic carbocycles. The summed E-state index contributed by atoms with van der Waals surface area (Å²) in [4.78, 5) is 1.92. The van der Waals surface area contributed by atoms with Gasteiger partial charge in [0.25, 0.3) is 0 Å². The number of nitrogens with zero attached hydrogens (tertiary/aromatic N) is 1. The molecule has 1 heterocycles. The molecule has 4 N–H and O–H groups in total. The lowest BCUT2D eigenvalue weighted by atomic mass is 9.85. The minimum absolute atomic E-state index is 0.210. The highest BCUT2D eigenvalue weighted by Crippen LogP contribution is 2.29. The maximum absolute atomic E-state index is 9.96. The SMILES string of the molecule is CO[C@H]1CC[C@@H](CN2C[C@H](O)[C@@H](O)[C@H](O)[C@H]2CO)CC1. The molecule has 1 saturated heterocycles. The van der Waals surface area contributed by atoms with Crippen molar-refractivity contribution in [3.8, 4) is 0 Å². The van der Waals surface area contributed by atoms with Gasteiger partial charge in [0.05, 0.1) is 24.9 Å². The molecule has 0 bridgehead atoms. The number of likely N-dealkylation sites (tertiary alicyclic amines) is 1. The van der Waals surface area contributed by atoms with E-state index in [0.29, 0.717) is 18.6 Å². The van der Waals surface area contributed by atoms with Gasteiger partial charge in [0.2, 0.25) is 0 Å². The van der Waals surface area contributed by atoms with Gasteiger partial charge in [-0.1, -0.05) is 0 Å². The Morgan fingerprint density at radius 1 is 1.05 bits per heavy atom. The molecule has 1 aliphatic carbocycles. The quantitative estimate of drug-likeness (QED) is 0.528. The summed E-state index contributed by atoms with van der Waals surface area (Å²) in [7, 11) is 1.74. The van der Waals surface area contributed by atoms with Gasteiger partial charge in [-0.25, -0.2) is 0 Å². The number of ether oxygens (including phenoxy) is 1. The molecule has 0 spiro atoms. The van der Waals surface area contributed by atoms with E-state index in [0.717, 1.165) is 32.2 Å². The monoisotopic (exact) mass is 289 g/mol. The van der Waals surface area contributed by atoms with Gasteiger partial charge in [-0.05, 0) is 31.6 Å². The molecule has 0 unspecified atom stereocenters. The van der Waals surface area contributed by atoms with E-state index >= 15 is 0 Å². The summed E-state index contributed by atoms with van der Waals surface area (Å²) in [5, 5.41) is 38.9. The van der Waals surface area contributed by atoms with E-state index in [2.05, 4.69) is 0 Å². The van der Waals surface area contributed by atoms with Gasteiger partial charge in [0, 0.05) is 20.2 Å². The van der Waals surface area contributed by atoms with E-state index in [9.17, 15) is 20.4 Å². The molecule has 1 aliphatic heterocycles. The Hall–Kier alpha value is -0.240. The highest BCUT2D eigenvalue weighted by Gasteiger charge is 2.41. The highest BCUT2D eigenvalue weighted by atomic mass is 16.5. The maximum Gasteiger partial charge on any atom is 0.109 e. The molecule has 20 heavy (non-hydrogen) atoms. The average molecular weight is 289 g/mol. The summed E-state index contributed by atoms with van der Waals surface area (Å²) in [6.45, 7) is 0.828. The third-order valence-corrected chi connectivity index (χ3v) is 4.84. The Morgan fingerprint density at radius 2 is 1.70 bits per heavy atom. The first-order chi connectivity index (χ1) is 9.56. The molecule has 6 nitrogen and oxygen atoms in total. The van der Waals surface area contributed by atoms with Crippen LogP contribution < -0.4 is 0 Å². The van der Waals surface area contributed by atoms with Crippen LogP contribution in [0, 0.1) is 5.92 Å². The second-order valence-electron chi connectivity index (χ2n) is 6.13. The number of β-amino-alcohol motifs (C(OH)–C–C–N with tert-alkyl or cyclic N) is 1. The summed E-state index contributed by atoms with van der Waals surface area (Å²) in [6.07, 6.45) is 1.30. The van der Waals surface area contributed by atoms with Crippen molar-refractivity contribution in [2.24, 2.45) is 5.92 Å². The van der Waals surface area contributed by atoms with E-state index in [-0.39, 0.29) is 6.61 Å². The fourth-order valence-electron chi connectivity index (χ4n) is 3.47. The first-order valence-corrected chi connectivity index (χ1v) is 7.48. The number of hydrogen-bond donors (Lipinski definition) is 4. The van der Waals surface area contributed by atoms with Crippen LogP contribution in [0.2, 0.25) is 0 Å².